The van der Waals surface area contributed by atoms with Crippen molar-refractivity contribution in [1.82, 2.24) is 0 Å². The third kappa shape index (κ3) is 6.27. The molecule has 0 bridgehead atoms. The number of aldehydes is 1. The van der Waals surface area contributed by atoms with Crippen LogP contribution in [0.3, 0.4) is 0 Å². The van der Waals surface area contributed by atoms with Crippen molar-refractivity contribution in [2.45, 2.75) is 25.7 Å². The third-order valence-corrected chi connectivity index (χ3v) is 2.45. The van der Waals surface area contributed by atoms with E-state index in [0.717, 1.165) is 26.4 Å². The third-order valence-electron chi connectivity index (χ3n) is 2.45. The highest BCUT2D eigenvalue weighted by molar-refractivity contribution is 5.72. The summed E-state index contributed by atoms with van der Waals surface area (Å²) in [4.78, 5) is 9.79. The van der Waals surface area contributed by atoms with Gasteiger partial charge in [-0.15, -0.1) is 0 Å². The molecule has 3 nitrogen and oxygen atoms in total. The molecule has 0 aromatic carbocycles. The van der Waals surface area contributed by atoms with Crippen LogP contribution in [0, 0.1) is 17.8 Å². The Morgan fingerprint density at radius 2 is 1.53 bits per heavy atom. The topological polar surface area (TPSA) is 35.5 Å². The van der Waals surface area contributed by atoms with Crippen LogP contribution in [0.15, 0.2) is 0 Å². The highest BCUT2D eigenvalue weighted by Crippen LogP contribution is 2.23. The van der Waals surface area contributed by atoms with Gasteiger partial charge in [0.15, 0.2) is 6.29 Å². The average Bonchev–Trinajstić information content (AvgIpc) is 2.82. The lowest BCUT2D eigenvalue weighted by Gasteiger charge is -2.09. The Morgan fingerprint density at radius 1 is 1.00 bits per heavy atom. The summed E-state index contributed by atoms with van der Waals surface area (Å²) in [6.45, 7) is 3.11. The fourth-order valence-corrected chi connectivity index (χ4v) is 1.66. The second-order valence-electron chi connectivity index (χ2n) is 3.61. The number of rotatable bonds is 0. The van der Waals surface area contributed by atoms with Gasteiger partial charge in [-0.1, -0.05) is 18.8 Å². The lowest BCUT2D eigenvalue weighted by molar-refractivity contribution is -0.103. The lowest BCUT2D eigenvalue weighted by Crippen LogP contribution is -2.16. The zero-order chi connectivity index (χ0) is 10.8. The van der Waals surface area contributed by atoms with E-state index in [0.29, 0.717) is 12.2 Å². The monoisotopic (exact) mass is 210 g/mol. The van der Waals surface area contributed by atoms with Crippen LogP contribution in [0.25, 0.3) is 0 Å². The van der Waals surface area contributed by atoms with Gasteiger partial charge in [0.2, 0.25) is 0 Å². The molecule has 3 heteroatoms. The Kier molecular flexibility index (Phi) is 6.89. The van der Waals surface area contributed by atoms with Gasteiger partial charge in [-0.2, -0.15) is 0 Å². The van der Waals surface area contributed by atoms with Crippen LogP contribution in [-0.4, -0.2) is 32.7 Å². The van der Waals surface area contributed by atoms with E-state index in [1.165, 1.54) is 25.7 Å². The molecule has 0 aromatic heterocycles. The van der Waals surface area contributed by atoms with E-state index in [1.807, 2.05) is 0 Å². The predicted molar refractivity (Wildman–Crippen MR) is 57.4 cm³/mol. The van der Waals surface area contributed by atoms with E-state index in [9.17, 15) is 4.79 Å². The fraction of sp³-hybridized carbons (Fsp3) is 0.750. The summed E-state index contributed by atoms with van der Waals surface area (Å²) in [6, 6.07) is 0. The summed E-state index contributed by atoms with van der Waals surface area (Å²) in [5.41, 5.74) is 0. The Bertz CT molecular complexity index is 205. The molecule has 2 fully saturated rings. The molecule has 2 aliphatic rings. The number of carbonyl (C=O) groups is 1. The molecule has 0 N–H and O–H groups in total. The Morgan fingerprint density at radius 3 is 1.93 bits per heavy atom. The van der Waals surface area contributed by atoms with Gasteiger partial charge in [-0.25, -0.2) is 0 Å². The van der Waals surface area contributed by atoms with Crippen molar-refractivity contribution in [3.8, 4) is 11.8 Å². The second kappa shape index (κ2) is 8.46. The summed E-state index contributed by atoms with van der Waals surface area (Å²) >= 11 is 0. The van der Waals surface area contributed by atoms with Gasteiger partial charge in [0.25, 0.3) is 0 Å². The van der Waals surface area contributed by atoms with Gasteiger partial charge in [0.05, 0.1) is 26.4 Å². The van der Waals surface area contributed by atoms with E-state index in [2.05, 4.69) is 11.8 Å². The SMILES string of the molecule is C1COCCO1.O=CC#CC1CCCC1. The van der Waals surface area contributed by atoms with E-state index < -0.39 is 0 Å². The molecule has 1 aliphatic heterocycles. The first-order chi connectivity index (χ1) is 7.43. The van der Waals surface area contributed by atoms with Crippen molar-refractivity contribution in [2.75, 3.05) is 26.4 Å². The van der Waals surface area contributed by atoms with Gasteiger partial charge in [0.1, 0.15) is 0 Å². The molecule has 0 amide bonds. The fourth-order valence-electron chi connectivity index (χ4n) is 1.66. The van der Waals surface area contributed by atoms with Crippen LogP contribution >= 0.6 is 0 Å². The van der Waals surface area contributed by atoms with Crippen LogP contribution in [-0.2, 0) is 14.3 Å². The van der Waals surface area contributed by atoms with Crippen molar-refractivity contribution in [3.05, 3.63) is 0 Å². The molecule has 1 aliphatic carbocycles. The molecule has 84 valence electrons. The molecule has 15 heavy (non-hydrogen) atoms. The predicted octanol–water partition coefficient (Wildman–Crippen LogP) is 1.41. The molecule has 0 spiro atoms. The van der Waals surface area contributed by atoms with Gasteiger partial charge in [-0.3, -0.25) is 4.79 Å². The van der Waals surface area contributed by atoms with Crippen LogP contribution < -0.4 is 0 Å². The summed E-state index contributed by atoms with van der Waals surface area (Å²) in [5, 5.41) is 0. The standard InChI is InChI=1S/C8H10O.C4H8O2/c9-7-3-6-8-4-1-2-5-8;1-2-6-4-3-5-1/h7-8H,1-2,4-5H2;1-4H2. The van der Waals surface area contributed by atoms with E-state index in [-0.39, 0.29) is 0 Å². The largest absolute Gasteiger partial charge is 0.377 e. The maximum Gasteiger partial charge on any atom is 0.192 e. The smallest absolute Gasteiger partial charge is 0.192 e. The first kappa shape index (κ1) is 12.2. The van der Waals surface area contributed by atoms with Gasteiger partial charge in [0, 0.05) is 5.92 Å². The quantitative estimate of drug-likeness (QED) is 0.448. The number of carbonyl (C=O) groups excluding carboxylic acids is 1. The molecular formula is C12H18O3. The van der Waals surface area contributed by atoms with E-state index in [4.69, 9.17) is 9.47 Å². The number of hydrogen-bond acceptors (Lipinski definition) is 3. The summed E-state index contributed by atoms with van der Waals surface area (Å²) < 4.78 is 9.89. The molecule has 1 saturated carbocycles. The molecule has 0 atom stereocenters. The first-order valence-electron chi connectivity index (χ1n) is 5.53. The van der Waals surface area contributed by atoms with Gasteiger partial charge < -0.3 is 9.47 Å². The Labute approximate surface area is 91.1 Å². The van der Waals surface area contributed by atoms with Gasteiger partial charge in [-0.05, 0) is 18.8 Å². The Balaban J connectivity index is 0.000000162. The van der Waals surface area contributed by atoms with Crippen LogP contribution in [0.1, 0.15) is 25.7 Å². The lowest BCUT2D eigenvalue weighted by atomic mass is 10.1. The van der Waals surface area contributed by atoms with Crippen molar-refractivity contribution >= 4 is 6.29 Å². The Hall–Kier alpha value is -0.850. The minimum atomic E-state index is 0.523. The highest BCUT2D eigenvalue weighted by Gasteiger charge is 2.10. The van der Waals surface area contributed by atoms with Crippen LogP contribution in [0.4, 0.5) is 0 Å². The zero-order valence-corrected chi connectivity index (χ0v) is 9.04. The van der Waals surface area contributed by atoms with Crippen molar-refractivity contribution < 1.29 is 14.3 Å². The second-order valence-corrected chi connectivity index (χ2v) is 3.61. The number of hydrogen-bond donors (Lipinski definition) is 0. The normalized spacial score (nSPS) is 20.8. The van der Waals surface area contributed by atoms with Gasteiger partial charge >= 0.3 is 0 Å². The van der Waals surface area contributed by atoms with Crippen molar-refractivity contribution in [3.63, 3.8) is 0 Å². The molecule has 1 heterocycles. The minimum absolute atomic E-state index is 0.523. The molecule has 0 radical (unpaired) electrons. The maximum absolute atomic E-state index is 9.79. The molecular weight excluding hydrogens is 192 g/mol. The van der Waals surface area contributed by atoms with E-state index >= 15 is 0 Å². The molecule has 1 saturated heterocycles. The van der Waals surface area contributed by atoms with Crippen LogP contribution in [0.5, 0.6) is 0 Å². The summed E-state index contributed by atoms with van der Waals surface area (Å²) in [6.07, 6.45) is 5.65. The summed E-state index contributed by atoms with van der Waals surface area (Å²) in [7, 11) is 0. The number of ether oxygens (including phenoxy) is 2. The zero-order valence-electron chi connectivity index (χ0n) is 9.04. The highest BCUT2D eigenvalue weighted by atomic mass is 16.6. The van der Waals surface area contributed by atoms with Crippen molar-refractivity contribution in [1.29, 1.82) is 0 Å². The first-order valence-corrected chi connectivity index (χ1v) is 5.53. The summed E-state index contributed by atoms with van der Waals surface area (Å²) in [5.74, 6) is 5.90. The molecule has 2 rings (SSSR count). The minimum Gasteiger partial charge on any atom is -0.377 e. The van der Waals surface area contributed by atoms with Crippen LogP contribution in [0.2, 0.25) is 0 Å². The molecule has 0 aromatic rings. The molecule has 0 unspecified atom stereocenters. The van der Waals surface area contributed by atoms with E-state index in [1.54, 1.807) is 0 Å². The van der Waals surface area contributed by atoms with Crippen molar-refractivity contribution in [2.24, 2.45) is 5.92 Å². The maximum atomic E-state index is 9.79. The average molecular weight is 210 g/mol.